The highest BCUT2D eigenvalue weighted by atomic mass is 16.5. The highest BCUT2D eigenvalue weighted by Crippen LogP contribution is 2.23. The van der Waals surface area contributed by atoms with Gasteiger partial charge >= 0.3 is 5.97 Å². The van der Waals surface area contributed by atoms with Gasteiger partial charge < -0.3 is 9.84 Å². The van der Waals surface area contributed by atoms with E-state index in [0.717, 1.165) is 6.54 Å². The molecular formula is C13H17NO3. The van der Waals surface area contributed by atoms with E-state index in [1.165, 1.54) is 5.56 Å². The zero-order valence-corrected chi connectivity index (χ0v) is 9.71. The van der Waals surface area contributed by atoms with Crippen LogP contribution in [0.5, 0.6) is 0 Å². The molecule has 1 aromatic rings. The molecular weight excluding hydrogens is 218 g/mol. The Morgan fingerprint density at radius 3 is 2.88 bits per heavy atom. The minimum Gasteiger partial charge on any atom is -0.481 e. The summed E-state index contributed by atoms with van der Waals surface area (Å²) in [5.41, 5.74) is 1.19. The number of morpholine rings is 1. The molecule has 0 spiro atoms. The first kappa shape index (κ1) is 12.1. The second kappa shape index (κ2) is 5.80. The molecule has 1 aliphatic heterocycles. The fourth-order valence-corrected chi connectivity index (χ4v) is 2.13. The predicted molar refractivity (Wildman–Crippen MR) is 63.8 cm³/mol. The number of carbonyl (C=O) groups is 1. The van der Waals surface area contributed by atoms with E-state index in [1.54, 1.807) is 0 Å². The summed E-state index contributed by atoms with van der Waals surface area (Å²) in [5, 5.41) is 8.74. The molecule has 0 radical (unpaired) electrons. The molecule has 1 N–H and O–H groups in total. The summed E-state index contributed by atoms with van der Waals surface area (Å²) in [6.45, 7) is 2.71. The molecule has 4 heteroatoms. The summed E-state index contributed by atoms with van der Waals surface area (Å²) in [6, 6.07) is 10.3. The van der Waals surface area contributed by atoms with Crippen LogP contribution in [0.25, 0.3) is 0 Å². The Balaban J connectivity index is 2.04. The molecule has 1 fully saturated rings. The van der Waals surface area contributed by atoms with Gasteiger partial charge in [-0.25, -0.2) is 0 Å². The topological polar surface area (TPSA) is 49.8 Å². The molecule has 0 amide bonds. The maximum atomic E-state index is 10.6. The van der Waals surface area contributed by atoms with Gasteiger partial charge in [0.1, 0.15) is 0 Å². The molecule has 4 nitrogen and oxygen atoms in total. The number of rotatable bonds is 4. The lowest BCUT2D eigenvalue weighted by atomic mass is 10.0. The Labute approximate surface area is 101 Å². The number of carboxylic acids is 1. The van der Waals surface area contributed by atoms with Crippen LogP contribution in [0.4, 0.5) is 0 Å². The Bertz CT molecular complexity index is 366. The van der Waals surface area contributed by atoms with Crippen LogP contribution in [0, 0.1) is 0 Å². The van der Waals surface area contributed by atoms with Crippen molar-refractivity contribution in [3.63, 3.8) is 0 Å². The first-order valence-corrected chi connectivity index (χ1v) is 5.86. The van der Waals surface area contributed by atoms with E-state index < -0.39 is 5.97 Å². The zero-order chi connectivity index (χ0) is 12.1. The smallest absolute Gasteiger partial charge is 0.304 e. The van der Waals surface area contributed by atoms with Gasteiger partial charge in [-0.15, -0.1) is 0 Å². The van der Waals surface area contributed by atoms with Gasteiger partial charge in [-0.2, -0.15) is 0 Å². The van der Waals surface area contributed by atoms with E-state index in [-0.39, 0.29) is 12.5 Å². The van der Waals surface area contributed by atoms with Crippen LogP contribution >= 0.6 is 0 Å². The summed E-state index contributed by atoms with van der Waals surface area (Å²) in [7, 11) is 0. The van der Waals surface area contributed by atoms with E-state index >= 15 is 0 Å². The average Bonchev–Trinajstić information content (AvgIpc) is 2.38. The molecule has 1 unspecified atom stereocenters. The molecule has 1 aromatic carbocycles. The molecule has 92 valence electrons. The molecule has 1 saturated heterocycles. The maximum absolute atomic E-state index is 10.6. The van der Waals surface area contributed by atoms with E-state index in [1.807, 2.05) is 18.2 Å². The molecule has 0 aliphatic carbocycles. The third-order valence-corrected chi connectivity index (χ3v) is 3.04. The monoisotopic (exact) mass is 235 g/mol. The van der Waals surface area contributed by atoms with Gasteiger partial charge in [0.15, 0.2) is 0 Å². The molecule has 17 heavy (non-hydrogen) atoms. The first-order valence-electron chi connectivity index (χ1n) is 5.86. The second-order valence-corrected chi connectivity index (χ2v) is 4.18. The largest absolute Gasteiger partial charge is 0.481 e. The normalized spacial score (nSPS) is 21.3. The number of hydrogen-bond donors (Lipinski definition) is 1. The van der Waals surface area contributed by atoms with Gasteiger partial charge in [0.25, 0.3) is 0 Å². The van der Waals surface area contributed by atoms with E-state index in [0.29, 0.717) is 19.8 Å². The molecule has 1 atom stereocenters. The number of ether oxygens (including phenoxy) is 1. The van der Waals surface area contributed by atoms with Crippen LogP contribution in [0.1, 0.15) is 18.0 Å². The second-order valence-electron chi connectivity index (χ2n) is 4.18. The third kappa shape index (κ3) is 3.28. The third-order valence-electron chi connectivity index (χ3n) is 3.04. The lowest BCUT2D eigenvalue weighted by Crippen LogP contribution is -2.40. The zero-order valence-electron chi connectivity index (χ0n) is 9.71. The number of nitrogens with zero attached hydrogens (tertiary/aromatic N) is 1. The van der Waals surface area contributed by atoms with Crippen molar-refractivity contribution in [3.8, 4) is 0 Å². The number of hydrogen-bond acceptors (Lipinski definition) is 3. The van der Waals surface area contributed by atoms with E-state index in [9.17, 15) is 4.79 Å². The fraction of sp³-hybridized carbons (Fsp3) is 0.462. The molecule has 0 saturated carbocycles. The maximum Gasteiger partial charge on any atom is 0.304 e. The van der Waals surface area contributed by atoms with Crippen LogP contribution in [-0.4, -0.2) is 42.3 Å². The van der Waals surface area contributed by atoms with Gasteiger partial charge in [0.2, 0.25) is 0 Å². The van der Waals surface area contributed by atoms with Crippen molar-refractivity contribution >= 4 is 5.97 Å². The summed E-state index contributed by atoms with van der Waals surface area (Å²) < 4.78 is 5.48. The number of carboxylic acid groups (broad SMARTS) is 1. The van der Waals surface area contributed by atoms with Crippen molar-refractivity contribution in [3.05, 3.63) is 35.9 Å². The summed E-state index contributed by atoms with van der Waals surface area (Å²) in [4.78, 5) is 12.8. The summed E-state index contributed by atoms with van der Waals surface area (Å²) in [5.74, 6) is -0.747. The molecule has 2 rings (SSSR count). The molecule has 0 aromatic heterocycles. The van der Waals surface area contributed by atoms with Gasteiger partial charge in [-0.3, -0.25) is 9.69 Å². The SMILES string of the molecule is O=C(O)CCN1CCOCC1c1ccccc1. The van der Waals surface area contributed by atoms with Crippen molar-refractivity contribution in [2.24, 2.45) is 0 Å². The Morgan fingerprint density at radius 1 is 1.41 bits per heavy atom. The minimum absolute atomic E-state index is 0.184. The van der Waals surface area contributed by atoms with Gasteiger partial charge in [0, 0.05) is 13.1 Å². The van der Waals surface area contributed by atoms with Crippen molar-refractivity contribution in [1.82, 2.24) is 4.90 Å². The Morgan fingerprint density at radius 2 is 2.18 bits per heavy atom. The fourth-order valence-electron chi connectivity index (χ4n) is 2.13. The van der Waals surface area contributed by atoms with Crippen molar-refractivity contribution in [1.29, 1.82) is 0 Å². The lowest BCUT2D eigenvalue weighted by molar-refractivity contribution is -0.138. The van der Waals surface area contributed by atoms with Crippen LogP contribution in [-0.2, 0) is 9.53 Å². The quantitative estimate of drug-likeness (QED) is 0.860. The predicted octanol–water partition coefficient (Wildman–Crippen LogP) is 1.53. The molecule has 0 bridgehead atoms. The minimum atomic E-state index is -0.747. The number of aliphatic carboxylic acids is 1. The molecule has 1 aliphatic rings. The Hall–Kier alpha value is -1.39. The first-order chi connectivity index (χ1) is 8.27. The average molecular weight is 235 g/mol. The van der Waals surface area contributed by atoms with Crippen LogP contribution in [0.2, 0.25) is 0 Å². The standard InChI is InChI=1S/C13H17NO3/c15-13(16)6-7-14-8-9-17-10-12(14)11-4-2-1-3-5-11/h1-5,12H,6-10H2,(H,15,16). The lowest BCUT2D eigenvalue weighted by Gasteiger charge is -2.35. The van der Waals surface area contributed by atoms with Crippen molar-refractivity contribution in [2.45, 2.75) is 12.5 Å². The van der Waals surface area contributed by atoms with Gasteiger partial charge in [0.05, 0.1) is 25.7 Å². The summed E-state index contributed by atoms with van der Waals surface area (Å²) in [6.07, 6.45) is 0.184. The van der Waals surface area contributed by atoms with Crippen LogP contribution < -0.4 is 0 Å². The van der Waals surface area contributed by atoms with Crippen LogP contribution in [0.3, 0.4) is 0 Å². The van der Waals surface area contributed by atoms with Crippen LogP contribution in [0.15, 0.2) is 30.3 Å². The van der Waals surface area contributed by atoms with Crippen molar-refractivity contribution in [2.75, 3.05) is 26.3 Å². The summed E-state index contributed by atoms with van der Waals surface area (Å²) >= 11 is 0. The van der Waals surface area contributed by atoms with Gasteiger partial charge in [-0.1, -0.05) is 30.3 Å². The molecule has 1 heterocycles. The van der Waals surface area contributed by atoms with E-state index in [4.69, 9.17) is 9.84 Å². The van der Waals surface area contributed by atoms with Crippen molar-refractivity contribution < 1.29 is 14.6 Å². The van der Waals surface area contributed by atoms with E-state index in [2.05, 4.69) is 17.0 Å². The number of benzene rings is 1. The highest BCUT2D eigenvalue weighted by molar-refractivity contribution is 5.66. The highest BCUT2D eigenvalue weighted by Gasteiger charge is 2.24. The Kier molecular flexibility index (Phi) is 4.12. The van der Waals surface area contributed by atoms with Gasteiger partial charge in [-0.05, 0) is 5.56 Å².